The second-order valence-electron chi connectivity index (χ2n) is 4.17. The predicted molar refractivity (Wildman–Crippen MR) is 69.6 cm³/mol. The van der Waals surface area contributed by atoms with Crippen LogP contribution in [0.3, 0.4) is 0 Å². The molecule has 0 saturated heterocycles. The van der Waals surface area contributed by atoms with Crippen LogP contribution in [0.2, 0.25) is 5.02 Å². The molecular formula is C13H16ClNO3. The number of hydrogen-bond donors (Lipinski definition) is 2. The first-order valence-corrected chi connectivity index (χ1v) is 6.11. The largest absolute Gasteiger partial charge is 0.481 e. The highest BCUT2D eigenvalue weighted by molar-refractivity contribution is 6.31. The Morgan fingerprint density at radius 1 is 1.39 bits per heavy atom. The van der Waals surface area contributed by atoms with Crippen LogP contribution in [-0.2, 0) is 16.0 Å². The van der Waals surface area contributed by atoms with Crippen LogP contribution in [0.15, 0.2) is 24.3 Å². The first-order chi connectivity index (χ1) is 8.49. The minimum atomic E-state index is -0.859. The van der Waals surface area contributed by atoms with Gasteiger partial charge in [0.2, 0.25) is 5.91 Å². The number of halogens is 1. The van der Waals surface area contributed by atoms with Gasteiger partial charge in [-0.05, 0) is 25.0 Å². The molecule has 0 aliphatic carbocycles. The lowest BCUT2D eigenvalue weighted by molar-refractivity contribution is -0.137. The van der Waals surface area contributed by atoms with Gasteiger partial charge < -0.3 is 10.4 Å². The highest BCUT2D eigenvalue weighted by atomic mass is 35.5. The third-order valence-electron chi connectivity index (χ3n) is 2.51. The Bertz CT molecular complexity index is 434. The highest BCUT2D eigenvalue weighted by Gasteiger charge is 2.11. The molecular weight excluding hydrogens is 254 g/mol. The molecule has 0 fully saturated rings. The second kappa shape index (κ2) is 7.01. The normalized spacial score (nSPS) is 11.9. The average molecular weight is 270 g/mol. The molecule has 1 aromatic carbocycles. The Hall–Kier alpha value is -1.55. The molecule has 4 nitrogen and oxygen atoms in total. The minimum Gasteiger partial charge on any atom is -0.481 e. The molecule has 0 heterocycles. The Morgan fingerprint density at radius 3 is 2.67 bits per heavy atom. The van der Waals surface area contributed by atoms with E-state index >= 15 is 0 Å². The summed E-state index contributed by atoms with van der Waals surface area (Å²) in [6, 6.07) is 7.00. The number of benzene rings is 1. The molecule has 0 spiro atoms. The summed E-state index contributed by atoms with van der Waals surface area (Å²) in [6.07, 6.45) is 0.675. The molecule has 0 saturated carbocycles. The monoisotopic (exact) mass is 269 g/mol. The number of carbonyl (C=O) groups is 2. The smallest absolute Gasteiger partial charge is 0.303 e. The van der Waals surface area contributed by atoms with Gasteiger partial charge in [0.15, 0.2) is 0 Å². The van der Waals surface area contributed by atoms with Gasteiger partial charge in [-0.2, -0.15) is 0 Å². The summed E-state index contributed by atoms with van der Waals surface area (Å²) in [5, 5.41) is 11.8. The molecule has 1 unspecified atom stereocenters. The van der Waals surface area contributed by atoms with Crippen molar-refractivity contribution >= 4 is 23.5 Å². The van der Waals surface area contributed by atoms with Gasteiger partial charge in [0.1, 0.15) is 0 Å². The third kappa shape index (κ3) is 5.19. The predicted octanol–water partition coefficient (Wildman–Crippen LogP) is 2.25. The van der Waals surface area contributed by atoms with Crippen molar-refractivity contribution in [1.29, 1.82) is 0 Å². The minimum absolute atomic E-state index is 0.0491. The number of carbonyl (C=O) groups excluding carboxylic acids is 1. The summed E-state index contributed by atoms with van der Waals surface area (Å²) in [5.74, 6) is -1.01. The summed E-state index contributed by atoms with van der Waals surface area (Å²) >= 11 is 5.95. The number of carboxylic acids is 1. The van der Waals surface area contributed by atoms with Crippen molar-refractivity contribution in [3.63, 3.8) is 0 Å². The average Bonchev–Trinajstić information content (AvgIpc) is 2.29. The molecule has 2 N–H and O–H groups in total. The first kappa shape index (κ1) is 14.5. The van der Waals surface area contributed by atoms with E-state index in [4.69, 9.17) is 16.7 Å². The molecule has 0 aromatic heterocycles. The van der Waals surface area contributed by atoms with Gasteiger partial charge >= 0.3 is 5.97 Å². The molecule has 1 rings (SSSR count). The first-order valence-electron chi connectivity index (χ1n) is 5.73. The van der Waals surface area contributed by atoms with Crippen molar-refractivity contribution in [2.45, 2.75) is 32.2 Å². The zero-order chi connectivity index (χ0) is 13.5. The van der Waals surface area contributed by atoms with E-state index in [9.17, 15) is 9.59 Å². The van der Waals surface area contributed by atoms with E-state index in [-0.39, 0.29) is 24.8 Å². The van der Waals surface area contributed by atoms with Crippen LogP contribution in [0.1, 0.15) is 25.3 Å². The van der Waals surface area contributed by atoms with E-state index in [0.717, 1.165) is 5.56 Å². The van der Waals surface area contributed by atoms with Gasteiger partial charge in [0, 0.05) is 17.5 Å². The Kier molecular flexibility index (Phi) is 5.65. The van der Waals surface area contributed by atoms with Crippen molar-refractivity contribution in [1.82, 2.24) is 5.32 Å². The van der Waals surface area contributed by atoms with Crippen molar-refractivity contribution in [3.05, 3.63) is 34.9 Å². The van der Waals surface area contributed by atoms with Crippen LogP contribution >= 0.6 is 11.6 Å². The number of hydrogen-bond acceptors (Lipinski definition) is 2. The summed E-state index contributed by atoms with van der Waals surface area (Å²) < 4.78 is 0. The molecule has 0 bridgehead atoms. The van der Waals surface area contributed by atoms with Crippen molar-refractivity contribution in [2.75, 3.05) is 0 Å². The van der Waals surface area contributed by atoms with Gasteiger partial charge in [0.05, 0.1) is 6.42 Å². The summed E-state index contributed by atoms with van der Waals surface area (Å²) in [7, 11) is 0. The quantitative estimate of drug-likeness (QED) is 0.832. The number of rotatable bonds is 6. The maximum Gasteiger partial charge on any atom is 0.303 e. The van der Waals surface area contributed by atoms with Gasteiger partial charge in [-0.25, -0.2) is 0 Å². The SMILES string of the molecule is CC(CCC(=O)O)NC(=O)Cc1ccccc1Cl. The van der Waals surface area contributed by atoms with Gasteiger partial charge in [0.25, 0.3) is 0 Å². The molecule has 0 aliphatic heterocycles. The van der Waals surface area contributed by atoms with Crippen LogP contribution in [0.25, 0.3) is 0 Å². The number of amides is 1. The summed E-state index contributed by atoms with van der Waals surface area (Å²) in [6.45, 7) is 1.79. The van der Waals surface area contributed by atoms with E-state index in [1.807, 2.05) is 6.07 Å². The molecule has 0 radical (unpaired) electrons. The van der Waals surface area contributed by atoms with Crippen LogP contribution < -0.4 is 5.32 Å². The van der Waals surface area contributed by atoms with Crippen molar-refractivity contribution in [3.8, 4) is 0 Å². The molecule has 18 heavy (non-hydrogen) atoms. The van der Waals surface area contributed by atoms with E-state index in [2.05, 4.69) is 5.32 Å². The summed E-state index contributed by atoms with van der Waals surface area (Å²) in [4.78, 5) is 22.1. The van der Waals surface area contributed by atoms with E-state index in [1.165, 1.54) is 0 Å². The molecule has 0 aliphatic rings. The lowest BCUT2D eigenvalue weighted by Gasteiger charge is -2.13. The summed E-state index contributed by atoms with van der Waals surface area (Å²) in [5.41, 5.74) is 0.766. The fraction of sp³-hybridized carbons (Fsp3) is 0.385. The fourth-order valence-electron chi connectivity index (χ4n) is 1.55. The van der Waals surface area contributed by atoms with E-state index < -0.39 is 5.97 Å². The van der Waals surface area contributed by atoms with Crippen LogP contribution in [-0.4, -0.2) is 23.0 Å². The standard InChI is InChI=1S/C13H16ClNO3/c1-9(6-7-13(17)18)15-12(16)8-10-4-2-3-5-11(10)14/h2-5,9H,6-8H2,1H3,(H,15,16)(H,17,18). The maximum atomic E-state index is 11.7. The second-order valence-corrected chi connectivity index (χ2v) is 4.58. The Labute approximate surface area is 111 Å². The lowest BCUT2D eigenvalue weighted by Crippen LogP contribution is -2.34. The molecule has 1 atom stereocenters. The van der Waals surface area contributed by atoms with E-state index in [1.54, 1.807) is 25.1 Å². The molecule has 1 amide bonds. The number of nitrogens with one attached hydrogen (secondary N) is 1. The van der Waals surface area contributed by atoms with Gasteiger partial charge in [-0.15, -0.1) is 0 Å². The fourth-order valence-corrected chi connectivity index (χ4v) is 1.76. The van der Waals surface area contributed by atoms with Crippen molar-refractivity contribution < 1.29 is 14.7 Å². The Balaban J connectivity index is 2.42. The third-order valence-corrected chi connectivity index (χ3v) is 2.88. The van der Waals surface area contributed by atoms with E-state index in [0.29, 0.717) is 11.4 Å². The van der Waals surface area contributed by atoms with Crippen LogP contribution in [0, 0.1) is 0 Å². The highest BCUT2D eigenvalue weighted by Crippen LogP contribution is 2.15. The van der Waals surface area contributed by atoms with Gasteiger partial charge in [-0.1, -0.05) is 29.8 Å². The molecule has 1 aromatic rings. The lowest BCUT2D eigenvalue weighted by atomic mass is 10.1. The molecule has 5 heteroatoms. The van der Waals surface area contributed by atoms with Crippen molar-refractivity contribution in [2.24, 2.45) is 0 Å². The van der Waals surface area contributed by atoms with Gasteiger partial charge in [-0.3, -0.25) is 9.59 Å². The number of carboxylic acid groups (broad SMARTS) is 1. The number of aliphatic carboxylic acids is 1. The maximum absolute atomic E-state index is 11.7. The molecule has 98 valence electrons. The van der Waals surface area contributed by atoms with Crippen LogP contribution in [0.5, 0.6) is 0 Å². The van der Waals surface area contributed by atoms with Crippen LogP contribution in [0.4, 0.5) is 0 Å². The zero-order valence-corrected chi connectivity index (χ0v) is 10.9. The topological polar surface area (TPSA) is 66.4 Å². The zero-order valence-electron chi connectivity index (χ0n) is 10.1. The Morgan fingerprint density at radius 2 is 2.06 bits per heavy atom.